The molecule has 0 saturated carbocycles. The van der Waals surface area contributed by atoms with Crippen LogP contribution in [0.2, 0.25) is 4.34 Å². The Labute approximate surface area is 128 Å². The van der Waals surface area contributed by atoms with Crippen molar-refractivity contribution in [2.45, 2.75) is 37.8 Å². The molecule has 1 N–H and O–H groups in total. The van der Waals surface area contributed by atoms with Gasteiger partial charge < -0.3 is 10.1 Å². The summed E-state index contributed by atoms with van der Waals surface area (Å²) in [5.74, 6) is 0. The molecule has 2 atom stereocenters. The molecule has 0 unspecified atom stereocenters. The van der Waals surface area contributed by atoms with E-state index in [-0.39, 0.29) is 18.0 Å². The molecule has 6 heteroatoms. The monoisotopic (exact) mass is 321 g/mol. The summed E-state index contributed by atoms with van der Waals surface area (Å²) in [5, 5.41) is 3.44. The van der Waals surface area contributed by atoms with E-state index in [2.05, 4.69) is 12.2 Å². The zero-order chi connectivity index (χ0) is 12.8. The largest absolute Gasteiger partial charge is 0.369 e. The van der Waals surface area contributed by atoms with Crippen LogP contribution in [0.1, 0.15) is 40.6 Å². The first-order chi connectivity index (χ1) is 8.66. The van der Waals surface area contributed by atoms with E-state index in [1.54, 1.807) is 0 Å². The molecule has 0 aliphatic carbocycles. The lowest BCUT2D eigenvalue weighted by molar-refractivity contribution is -0.0849. The fourth-order valence-electron chi connectivity index (χ4n) is 3.12. The molecular formula is C13H17Cl2NO2S. The minimum Gasteiger partial charge on any atom is -0.369 e. The van der Waals surface area contributed by atoms with Gasteiger partial charge in [-0.25, -0.2) is 0 Å². The van der Waals surface area contributed by atoms with Gasteiger partial charge in [0.25, 0.3) is 0 Å². The highest BCUT2D eigenvalue weighted by molar-refractivity contribution is 7.17. The Balaban J connectivity index is 0.00000133. The second kappa shape index (κ2) is 5.70. The van der Waals surface area contributed by atoms with Gasteiger partial charge in [-0.1, -0.05) is 11.6 Å². The lowest BCUT2D eigenvalue weighted by Crippen LogP contribution is -2.48. The molecule has 0 radical (unpaired) electrons. The second-order valence-corrected chi connectivity index (χ2v) is 6.74. The summed E-state index contributed by atoms with van der Waals surface area (Å²) < 4.78 is 6.73. The van der Waals surface area contributed by atoms with Crippen LogP contribution in [-0.2, 0) is 16.8 Å². The number of halogens is 2. The standard InChI is InChI=1S/C13H16ClNO2S.ClH/c1-8-6-13(3-4-15-8)11-9(2-5-17-13)10(7-16)12(14)18-11;/h7-8,15H,2-6H2,1H3;1H/t8-,13+;/m0./s1. The molecule has 19 heavy (non-hydrogen) atoms. The maximum Gasteiger partial charge on any atom is 0.152 e. The summed E-state index contributed by atoms with van der Waals surface area (Å²) in [6, 6.07) is 0.435. The molecule has 106 valence electrons. The van der Waals surface area contributed by atoms with Crippen molar-refractivity contribution in [1.29, 1.82) is 0 Å². The summed E-state index contributed by atoms with van der Waals surface area (Å²) in [5.41, 5.74) is 1.60. The van der Waals surface area contributed by atoms with Gasteiger partial charge in [0.15, 0.2) is 6.29 Å². The quantitative estimate of drug-likeness (QED) is 0.807. The number of carbonyl (C=O) groups excluding carboxylic acids is 1. The van der Waals surface area contributed by atoms with Gasteiger partial charge in [-0.05, 0) is 38.3 Å². The fraction of sp³-hybridized carbons (Fsp3) is 0.615. The van der Waals surface area contributed by atoms with E-state index >= 15 is 0 Å². The number of aldehydes is 1. The Bertz CT molecular complexity index is 491. The number of ether oxygens (including phenoxy) is 1. The molecule has 2 aliphatic rings. The Morgan fingerprint density at radius 2 is 2.37 bits per heavy atom. The number of nitrogens with one attached hydrogen (secondary N) is 1. The van der Waals surface area contributed by atoms with Gasteiger partial charge in [0.1, 0.15) is 9.94 Å². The average molecular weight is 322 g/mol. The van der Waals surface area contributed by atoms with Crippen molar-refractivity contribution in [1.82, 2.24) is 5.32 Å². The third-order valence-electron chi connectivity index (χ3n) is 3.92. The van der Waals surface area contributed by atoms with E-state index in [1.807, 2.05) is 0 Å². The van der Waals surface area contributed by atoms with Crippen molar-refractivity contribution in [2.24, 2.45) is 0 Å². The molecule has 1 fully saturated rings. The van der Waals surface area contributed by atoms with Gasteiger partial charge in [0.2, 0.25) is 0 Å². The van der Waals surface area contributed by atoms with Crippen LogP contribution < -0.4 is 5.32 Å². The van der Waals surface area contributed by atoms with Gasteiger partial charge in [-0.2, -0.15) is 0 Å². The summed E-state index contributed by atoms with van der Waals surface area (Å²) in [4.78, 5) is 12.4. The van der Waals surface area contributed by atoms with E-state index in [9.17, 15) is 4.79 Å². The second-order valence-electron chi connectivity index (χ2n) is 5.12. The molecule has 1 saturated heterocycles. The SMILES string of the molecule is C[C@H]1C[C@@]2(CCN1)OCCc1c2sc(Cl)c1C=O.Cl. The number of piperidine rings is 1. The Morgan fingerprint density at radius 3 is 3.05 bits per heavy atom. The van der Waals surface area contributed by atoms with Gasteiger partial charge in [-0.3, -0.25) is 4.79 Å². The molecule has 0 bridgehead atoms. The van der Waals surface area contributed by atoms with Crippen molar-refractivity contribution in [2.75, 3.05) is 13.2 Å². The molecule has 3 rings (SSSR count). The lowest BCUT2D eigenvalue weighted by atomic mass is 9.82. The highest BCUT2D eigenvalue weighted by Gasteiger charge is 2.43. The van der Waals surface area contributed by atoms with Crippen molar-refractivity contribution >= 4 is 41.6 Å². The lowest BCUT2D eigenvalue weighted by Gasteiger charge is -2.42. The average Bonchev–Trinajstić information content (AvgIpc) is 2.67. The molecule has 1 spiro atoms. The molecule has 0 amide bonds. The predicted molar refractivity (Wildman–Crippen MR) is 80.0 cm³/mol. The number of fused-ring (bicyclic) bond motifs is 2. The van der Waals surface area contributed by atoms with E-state index in [1.165, 1.54) is 16.2 Å². The maximum atomic E-state index is 11.2. The normalized spacial score (nSPS) is 29.7. The number of hydrogen-bond donors (Lipinski definition) is 1. The van der Waals surface area contributed by atoms with E-state index in [0.29, 0.717) is 22.5 Å². The molecule has 0 aromatic carbocycles. The van der Waals surface area contributed by atoms with Crippen LogP contribution in [0.3, 0.4) is 0 Å². The molecule has 1 aromatic heterocycles. The van der Waals surface area contributed by atoms with Crippen molar-refractivity contribution < 1.29 is 9.53 Å². The summed E-state index contributed by atoms with van der Waals surface area (Å²) >= 11 is 7.72. The Hall–Kier alpha value is -0.130. The van der Waals surface area contributed by atoms with Crippen LogP contribution in [-0.4, -0.2) is 25.5 Å². The van der Waals surface area contributed by atoms with Gasteiger partial charge in [0, 0.05) is 16.5 Å². The zero-order valence-electron chi connectivity index (χ0n) is 10.7. The molecule has 3 heterocycles. The third-order valence-corrected chi connectivity index (χ3v) is 5.58. The molecule has 1 aromatic rings. The number of rotatable bonds is 1. The highest BCUT2D eigenvalue weighted by atomic mass is 35.5. The van der Waals surface area contributed by atoms with Gasteiger partial charge in [0.05, 0.1) is 6.61 Å². The van der Waals surface area contributed by atoms with Crippen LogP contribution in [0.4, 0.5) is 0 Å². The van der Waals surface area contributed by atoms with E-state index in [0.717, 1.165) is 37.7 Å². The number of thiophene rings is 1. The van der Waals surface area contributed by atoms with Crippen LogP contribution >= 0.6 is 35.3 Å². The first-order valence-electron chi connectivity index (χ1n) is 6.30. The van der Waals surface area contributed by atoms with Crippen LogP contribution in [0.15, 0.2) is 0 Å². The van der Waals surface area contributed by atoms with E-state index in [4.69, 9.17) is 16.3 Å². The van der Waals surface area contributed by atoms with Crippen LogP contribution in [0, 0.1) is 0 Å². The Morgan fingerprint density at radius 1 is 1.58 bits per heavy atom. The fourth-order valence-corrected chi connectivity index (χ4v) is 4.74. The maximum absolute atomic E-state index is 11.2. The molecule has 3 nitrogen and oxygen atoms in total. The van der Waals surface area contributed by atoms with Crippen LogP contribution in [0.5, 0.6) is 0 Å². The van der Waals surface area contributed by atoms with Crippen molar-refractivity contribution in [3.8, 4) is 0 Å². The zero-order valence-corrected chi connectivity index (χ0v) is 13.1. The summed E-state index contributed by atoms with van der Waals surface area (Å²) in [7, 11) is 0. The van der Waals surface area contributed by atoms with Gasteiger partial charge >= 0.3 is 0 Å². The van der Waals surface area contributed by atoms with E-state index < -0.39 is 0 Å². The highest BCUT2D eigenvalue weighted by Crippen LogP contribution is 2.48. The summed E-state index contributed by atoms with van der Waals surface area (Å²) in [6.45, 7) is 3.81. The van der Waals surface area contributed by atoms with Gasteiger partial charge in [-0.15, -0.1) is 23.7 Å². The number of hydrogen-bond acceptors (Lipinski definition) is 4. The van der Waals surface area contributed by atoms with Crippen molar-refractivity contribution in [3.63, 3.8) is 0 Å². The first kappa shape index (κ1) is 15.3. The third kappa shape index (κ3) is 2.45. The number of carbonyl (C=O) groups is 1. The van der Waals surface area contributed by atoms with Crippen LogP contribution in [0.25, 0.3) is 0 Å². The molecular weight excluding hydrogens is 305 g/mol. The predicted octanol–water partition coefficient (Wildman–Crippen LogP) is 3.18. The van der Waals surface area contributed by atoms with Crippen molar-refractivity contribution in [3.05, 3.63) is 20.3 Å². The minimum atomic E-state index is -0.214. The summed E-state index contributed by atoms with van der Waals surface area (Å²) in [6.07, 6.45) is 3.60. The molecule has 2 aliphatic heterocycles. The minimum absolute atomic E-state index is 0. The Kier molecular flexibility index (Phi) is 4.58. The topological polar surface area (TPSA) is 38.3 Å². The first-order valence-corrected chi connectivity index (χ1v) is 7.50. The smallest absolute Gasteiger partial charge is 0.152 e.